The maximum atomic E-state index is 14.1. The lowest BCUT2D eigenvalue weighted by molar-refractivity contribution is -0.122. The van der Waals surface area contributed by atoms with Crippen LogP contribution < -0.4 is 16.0 Å². The third kappa shape index (κ3) is 3.47. The first-order valence-corrected chi connectivity index (χ1v) is 9.31. The Kier molecular flexibility index (Phi) is 4.81. The highest BCUT2D eigenvalue weighted by atomic mass is 19.1. The van der Waals surface area contributed by atoms with Crippen molar-refractivity contribution in [2.24, 2.45) is 16.6 Å². The summed E-state index contributed by atoms with van der Waals surface area (Å²) in [5, 5.41) is 2.68. The highest BCUT2D eigenvalue weighted by molar-refractivity contribution is 6.12. The molecule has 2 aliphatic heterocycles. The van der Waals surface area contributed by atoms with E-state index in [-0.39, 0.29) is 17.7 Å². The maximum Gasteiger partial charge on any atom is 0.237 e. The molecule has 2 amide bonds. The third-order valence-electron chi connectivity index (χ3n) is 5.32. The van der Waals surface area contributed by atoms with Crippen molar-refractivity contribution in [1.82, 2.24) is 0 Å². The summed E-state index contributed by atoms with van der Waals surface area (Å²) in [7, 11) is 0. The SMILES string of the molecule is NC(=O)C1CCCN(c2ccc(N=CC3C(=O)Nc4cccc(F)c43)cc2)C1. The van der Waals surface area contributed by atoms with E-state index in [2.05, 4.69) is 15.2 Å². The van der Waals surface area contributed by atoms with Gasteiger partial charge in [0.25, 0.3) is 0 Å². The predicted molar refractivity (Wildman–Crippen MR) is 106 cm³/mol. The minimum atomic E-state index is -0.741. The molecule has 0 radical (unpaired) electrons. The van der Waals surface area contributed by atoms with Crippen molar-refractivity contribution < 1.29 is 14.0 Å². The zero-order chi connectivity index (χ0) is 19.7. The van der Waals surface area contributed by atoms with Gasteiger partial charge in [-0.05, 0) is 49.2 Å². The molecule has 2 heterocycles. The largest absolute Gasteiger partial charge is 0.371 e. The molecule has 2 atom stereocenters. The number of hydrogen-bond donors (Lipinski definition) is 2. The van der Waals surface area contributed by atoms with E-state index >= 15 is 0 Å². The summed E-state index contributed by atoms with van der Waals surface area (Å²) in [5.74, 6) is -1.83. The Morgan fingerprint density at radius 2 is 2.04 bits per heavy atom. The molecule has 3 N–H and O–H groups in total. The Labute approximate surface area is 162 Å². The van der Waals surface area contributed by atoms with E-state index in [0.717, 1.165) is 25.1 Å². The molecule has 28 heavy (non-hydrogen) atoms. The van der Waals surface area contributed by atoms with Gasteiger partial charge in [0.1, 0.15) is 11.7 Å². The van der Waals surface area contributed by atoms with Crippen molar-refractivity contribution in [3.05, 3.63) is 53.8 Å². The average Bonchev–Trinajstić information content (AvgIpc) is 3.03. The first-order valence-electron chi connectivity index (χ1n) is 9.31. The van der Waals surface area contributed by atoms with Crippen molar-refractivity contribution in [2.45, 2.75) is 18.8 Å². The van der Waals surface area contributed by atoms with E-state index in [1.807, 2.05) is 24.3 Å². The van der Waals surface area contributed by atoms with Crippen LogP contribution in [-0.4, -0.2) is 31.1 Å². The lowest BCUT2D eigenvalue weighted by Gasteiger charge is -2.33. The van der Waals surface area contributed by atoms with Crippen molar-refractivity contribution in [1.29, 1.82) is 0 Å². The fourth-order valence-electron chi connectivity index (χ4n) is 3.80. The van der Waals surface area contributed by atoms with Gasteiger partial charge >= 0.3 is 0 Å². The molecule has 1 fully saturated rings. The summed E-state index contributed by atoms with van der Waals surface area (Å²) in [6, 6.07) is 12.1. The molecule has 0 aliphatic carbocycles. The molecule has 2 aromatic carbocycles. The summed E-state index contributed by atoms with van der Waals surface area (Å²) in [4.78, 5) is 30.1. The zero-order valence-electron chi connectivity index (χ0n) is 15.3. The molecular formula is C21H21FN4O2. The Morgan fingerprint density at radius 3 is 2.79 bits per heavy atom. The highest BCUT2D eigenvalue weighted by Crippen LogP contribution is 2.34. The summed E-state index contributed by atoms with van der Waals surface area (Å²) in [6.07, 6.45) is 3.23. The first-order chi connectivity index (χ1) is 13.5. The molecule has 0 aromatic heterocycles. The summed E-state index contributed by atoms with van der Waals surface area (Å²) in [6.45, 7) is 1.50. The molecule has 2 unspecified atom stereocenters. The molecule has 0 bridgehead atoms. The van der Waals surface area contributed by atoms with E-state index in [9.17, 15) is 14.0 Å². The number of aliphatic imine (C=N–C) groups is 1. The molecule has 2 aliphatic rings. The number of primary amides is 1. The van der Waals surface area contributed by atoms with Gasteiger partial charge in [-0.3, -0.25) is 14.6 Å². The smallest absolute Gasteiger partial charge is 0.237 e. The van der Waals surface area contributed by atoms with Crippen LogP contribution in [-0.2, 0) is 9.59 Å². The van der Waals surface area contributed by atoms with E-state index in [1.165, 1.54) is 12.3 Å². The van der Waals surface area contributed by atoms with Crippen molar-refractivity contribution >= 4 is 35.1 Å². The monoisotopic (exact) mass is 380 g/mol. The fraction of sp³-hybridized carbons (Fsp3) is 0.286. The number of nitrogens with two attached hydrogens (primary N) is 1. The van der Waals surface area contributed by atoms with Crippen LogP contribution in [0.4, 0.5) is 21.5 Å². The van der Waals surface area contributed by atoms with Gasteiger partial charge in [0.2, 0.25) is 11.8 Å². The van der Waals surface area contributed by atoms with Crippen LogP contribution in [0, 0.1) is 11.7 Å². The minimum absolute atomic E-state index is 0.123. The standard InChI is InChI=1S/C21H21FN4O2/c22-17-4-1-5-18-19(17)16(21(28)25-18)11-24-14-6-8-15(9-7-14)26-10-2-3-13(12-26)20(23)27/h1,4-9,11,13,16H,2-3,10,12H2,(H2,23,27)(H,25,28). The number of carbonyl (C=O) groups excluding carboxylic acids is 2. The average molecular weight is 380 g/mol. The fourth-order valence-corrected chi connectivity index (χ4v) is 3.80. The topological polar surface area (TPSA) is 87.8 Å². The molecule has 0 saturated carbocycles. The number of anilines is 2. The molecule has 7 heteroatoms. The van der Waals surface area contributed by atoms with Crippen LogP contribution in [0.15, 0.2) is 47.5 Å². The van der Waals surface area contributed by atoms with Gasteiger partial charge < -0.3 is 16.0 Å². The lowest BCUT2D eigenvalue weighted by Crippen LogP contribution is -2.41. The zero-order valence-corrected chi connectivity index (χ0v) is 15.3. The number of halogens is 1. The second kappa shape index (κ2) is 7.42. The normalized spacial score (nSPS) is 21.6. The second-order valence-corrected chi connectivity index (χ2v) is 7.15. The molecule has 4 rings (SSSR count). The van der Waals surface area contributed by atoms with Crippen LogP contribution in [0.25, 0.3) is 0 Å². The van der Waals surface area contributed by atoms with E-state index in [1.54, 1.807) is 12.1 Å². The number of hydrogen-bond acceptors (Lipinski definition) is 4. The quantitative estimate of drug-likeness (QED) is 0.800. The van der Waals surface area contributed by atoms with E-state index in [0.29, 0.717) is 23.5 Å². The van der Waals surface area contributed by atoms with Crippen LogP contribution in [0.2, 0.25) is 0 Å². The van der Waals surface area contributed by atoms with Gasteiger partial charge in [-0.25, -0.2) is 4.39 Å². The molecule has 0 spiro atoms. The van der Waals surface area contributed by atoms with E-state index in [4.69, 9.17) is 5.73 Å². The molecule has 6 nitrogen and oxygen atoms in total. The van der Waals surface area contributed by atoms with Crippen LogP contribution in [0.3, 0.4) is 0 Å². The summed E-state index contributed by atoms with van der Waals surface area (Å²) >= 11 is 0. The number of benzene rings is 2. The molecule has 144 valence electrons. The summed E-state index contributed by atoms with van der Waals surface area (Å²) < 4.78 is 14.1. The predicted octanol–water partition coefficient (Wildman–Crippen LogP) is 2.97. The Bertz CT molecular complexity index is 942. The number of nitrogens with one attached hydrogen (secondary N) is 1. The maximum absolute atomic E-state index is 14.1. The van der Waals surface area contributed by atoms with E-state index < -0.39 is 11.7 Å². The number of rotatable bonds is 4. The van der Waals surface area contributed by atoms with Crippen molar-refractivity contribution in [2.75, 3.05) is 23.3 Å². The number of piperidine rings is 1. The second-order valence-electron chi connectivity index (χ2n) is 7.15. The van der Waals surface area contributed by atoms with Gasteiger partial charge in [0.05, 0.1) is 11.6 Å². The first kappa shape index (κ1) is 18.2. The molecular weight excluding hydrogens is 359 g/mol. The van der Waals surface area contributed by atoms with Gasteiger partial charge in [0.15, 0.2) is 0 Å². The van der Waals surface area contributed by atoms with Gasteiger partial charge in [-0.1, -0.05) is 6.07 Å². The third-order valence-corrected chi connectivity index (χ3v) is 5.32. The molecule has 1 saturated heterocycles. The van der Waals surface area contributed by atoms with Crippen molar-refractivity contribution in [3.63, 3.8) is 0 Å². The van der Waals surface area contributed by atoms with Gasteiger partial charge in [-0.15, -0.1) is 0 Å². The Balaban J connectivity index is 1.48. The number of carbonyl (C=O) groups is 2. The van der Waals surface area contributed by atoms with Crippen LogP contribution in [0.5, 0.6) is 0 Å². The molecule has 2 aromatic rings. The minimum Gasteiger partial charge on any atom is -0.371 e. The lowest BCUT2D eigenvalue weighted by atomic mass is 9.97. The van der Waals surface area contributed by atoms with Crippen LogP contribution >= 0.6 is 0 Å². The van der Waals surface area contributed by atoms with Crippen molar-refractivity contribution in [3.8, 4) is 0 Å². The number of nitrogens with zero attached hydrogens (tertiary/aromatic N) is 2. The van der Waals surface area contributed by atoms with Crippen LogP contribution in [0.1, 0.15) is 24.3 Å². The van der Waals surface area contributed by atoms with Gasteiger partial charge in [-0.2, -0.15) is 0 Å². The Morgan fingerprint density at radius 1 is 1.25 bits per heavy atom. The number of amides is 2. The summed E-state index contributed by atoms with van der Waals surface area (Å²) in [5.41, 5.74) is 7.94. The Hall–Kier alpha value is -3.22. The highest BCUT2D eigenvalue weighted by Gasteiger charge is 2.31. The van der Waals surface area contributed by atoms with Gasteiger partial charge in [0, 0.05) is 36.2 Å². The number of fused-ring (bicyclic) bond motifs is 1.